The van der Waals surface area contributed by atoms with Crippen LogP contribution in [0.5, 0.6) is 0 Å². The van der Waals surface area contributed by atoms with Crippen molar-refractivity contribution in [1.29, 1.82) is 0 Å². The minimum Gasteiger partial charge on any atom is -0.394 e. The molecule has 0 aromatic heterocycles. The number of halogens is 1. The molecule has 9 heteroatoms. The maximum absolute atomic E-state index is 12.8. The predicted octanol–water partition coefficient (Wildman–Crippen LogP) is -1.87. The number of hydrogen-bond donors (Lipinski definition) is 5. The zero-order valence-electron chi connectivity index (χ0n) is 13.0. The first-order valence-corrected chi connectivity index (χ1v) is 7.67. The van der Waals surface area contributed by atoms with Gasteiger partial charge in [0.1, 0.15) is 37.2 Å². The van der Waals surface area contributed by atoms with Crippen molar-refractivity contribution < 1.29 is 44.1 Å². The second kappa shape index (κ2) is 7.66. The lowest BCUT2D eigenvalue weighted by Crippen LogP contribution is -2.61. The normalized spacial score (nSPS) is 51.7. The van der Waals surface area contributed by atoms with Crippen LogP contribution in [0.3, 0.4) is 0 Å². The molecule has 2 aliphatic heterocycles. The Labute approximate surface area is 133 Å². The molecule has 0 aromatic carbocycles. The van der Waals surface area contributed by atoms with Crippen LogP contribution in [-0.2, 0) is 14.2 Å². The highest BCUT2D eigenvalue weighted by atomic mass is 19.1. The summed E-state index contributed by atoms with van der Waals surface area (Å²) in [6.45, 7) is 2.22. The fourth-order valence-electron chi connectivity index (χ4n) is 2.88. The van der Waals surface area contributed by atoms with Crippen LogP contribution < -0.4 is 0 Å². The lowest BCUT2D eigenvalue weighted by Gasteiger charge is -2.45. The highest BCUT2D eigenvalue weighted by molar-refractivity contribution is 4.90. The maximum Gasteiger partial charge on any atom is 0.189 e. The number of rotatable bonds is 4. The average molecular weight is 340 g/mol. The molecule has 2 aliphatic rings. The van der Waals surface area contributed by atoms with Crippen molar-refractivity contribution in [2.24, 2.45) is 11.8 Å². The molecule has 2 saturated heterocycles. The van der Waals surface area contributed by atoms with E-state index in [9.17, 15) is 29.9 Å². The molecule has 5 N–H and O–H groups in total. The van der Waals surface area contributed by atoms with Crippen LogP contribution in [0.25, 0.3) is 0 Å². The van der Waals surface area contributed by atoms with Crippen LogP contribution in [0, 0.1) is 11.8 Å². The maximum atomic E-state index is 12.8. The van der Waals surface area contributed by atoms with Gasteiger partial charge < -0.3 is 39.7 Å². The first-order valence-electron chi connectivity index (χ1n) is 7.67. The molecule has 2 heterocycles. The van der Waals surface area contributed by atoms with Gasteiger partial charge in [-0.2, -0.15) is 0 Å². The van der Waals surface area contributed by atoms with Crippen molar-refractivity contribution in [3.63, 3.8) is 0 Å². The van der Waals surface area contributed by atoms with Crippen molar-refractivity contribution >= 4 is 0 Å². The van der Waals surface area contributed by atoms with Gasteiger partial charge in [-0.3, -0.25) is 0 Å². The van der Waals surface area contributed by atoms with Gasteiger partial charge in [0.15, 0.2) is 12.6 Å². The third-order valence-corrected chi connectivity index (χ3v) is 4.81. The van der Waals surface area contributed by atoms with Crippen LogP contribution in [0.1, 0.15) is 13.8 Å². The van der Waals surface area contributed by atoms with E-state index in [0.717, 1.165) is 0 Å². The van der Waals surface area contributed by atoms with Crippen LogP contribution in [0.2, 0.25) is 0 Å². The Morgan fingerprint density at radius 2 is 1.39 bits per heavy atom. The van der Waals surface area contributed by atoms with Gasteiger partial charge >= 0.3 is 0 Å². The quantitative estimate of drug-likeness (QED) is 0.403. The van der Waals surface area contributed by atoms with Crippen LogP contribution in [0.4, 0.5) is 4.39 Å². The summed E-state index contributed by atoms with van der Waals surface area (Å²) in [5, 5.41) is 48.8. The number of aliphatic hydroxyl groups excluding tert-OH is 5. The summed E-state index contributed by atoms with van der Waals surface area (Å²) in [4.78, 5) is 0. The highest BCUT2D eigenvalue weighted by Gasteiger charge is 2.48. The Hall–Kier alpha value is -0.390. The van der Waals surface area contributed by atoms with Gasteiger partial charge in [0, 0.05) is 0 Å². The molecule has 0 bridgehead atoms. The number of ether oxygens (including phenoxy) is 3. The number of alkyl halides is 1. The van der Waals surface area contributed by atoms with Crippen molar-refractivity contribution in [2.75, 3.05) is 13.3 Å². The first-order chi connectivity index (χ1) is 10.8. The van der Waals surface area contributed by atoms with E-state index in [0.29, 0.717) is 0 Å². The molecular formula is C14H25FO8. The van der Waals surface area contributed by atoms with E-state index in [1.165, 1.54) is 0 Å². The molecule has 2 rings (SSSR count). The Morgan fingerprint density at radius 3 is 1.96 bits per heavy atom. The molecule has 0 saturated carbocycles. The molecule has 0 radical (unpaired) electrons. The van der Waals surface area contributed by atoms with Crippen LogP contribution in [-0.4, -0.2) is 88.0 Å². The SMILES string of the molecule is CC1C(CO)OC(OC2OC(CF)C(O)C(O)C2O)C(O)C1C. The lowest BCUT2D eigenvalue weighted by atomic mass is 9.84. The van der Waals surface area contributed by atoms with Gasteiger partial charge in [0.2, 0.25) is 0 Å². The van der Waals surface area contributed by atoms with Crippen molar-refractivity contribution in [1.82, 2.24) is 0 Å². The number of aliphatic hydroxyl groups is 5. The molecule has 10 atom stereocenters. The summed E-state index contributed by atoms with van der Waals surface area (Å²) in [6, 6.07) is 0. The van der Waals surface area contributed by atoms with Gasteiger partial charge in [0.25, 0.3) is 0 Å². The molecule has 136 valence electrons. The van der Waals surface area contributed by atoms with E-state index < -0.39 is 55.9 Å². The second-order valence-electron chi connectivity index (χ2n) is 6.24. The van der Waals surface area contributed by atoms with E-state index in [1.807, 2.05) is 6.92 Å². The Balaban J connectivity index is 2.07. The monoisotopic (exact) mass is 340 g/mol. The summed E-state index contributed by atoms with van der Waals surface area (Å²) in [7, 11) is 0. The zero-order chi connectivity index (χ0) is 17.3. The van der Waals surface area contributed by atoms with Gasteiger partial charge in [-0.1, -0.05) is 13.8 Å². The fourth-order valence-corrected chi connectivity index (χ4v) is 2.88. The minimum atomic E-state index is -1.65. The van der Waals surface area contributed by atoms with Gasteiger partial charge in [-0.15, -0.1) is 0 Å². The molecule has 23 heavy (non-hydrogen) atoms. The van der Waals surface area contributed by atoms with Gasteiger partial charge in [-0.25, -0.2) is 4.39 Å². The predicted molar refractivity (Wildman–Crippen MR) is 73.8 cm³/mol. The molecule has 8 nitrogen and oxygen atoms in total. The van der Waals surface area contributed by atoms with Crippen LogP contribution >= 0.6 is 0 Å². The number of hydrogen-bond acceptors (Lipinski definition) is 8. The zero-order valence-corrected chi connectivity index (χ0v) is 13.0. The topological polar surface area (TPSA) is 129 Å². The van der Waals surface area contributed by atoms with Gasteiger partial charge in [0.05, 0.1) is 12.7 Å². The van der Waals surface area contributed by atoms with E-state index in [2.05, 4.69) is 0 Å². The van der Waals surface area contributed by atoms with Crippen LogP contribution in [0.15, 0.2) is 0 Å². The third-order valence-electron chi connectivity index (χ3n) is 4.81. The third kappa shape index (κ3) is 3.67. The Bertz CT molecular complexity index is 348. The fraction of sp³-hybridized carbons (Fsp3) is 1.00. The second-order valence-corrected chi connectivity index (χ2v) is 6.24. The van der Waals surface area contributed by atoms with Crippen molar-refractivity contribution in [2.45, 2.75) is 63.1 Å². The molecule has 10 unspecified atom stereocenters. The Morgan fingerprint density at radius 1 is 0.826 bits per heavy atom. The minimum absolute atomic E-state index is 0.127. The van der Waals surface area contributed by atoms with Crippen molar-refractivity contribution in [3.8, 4) is 0 Å². The molecule has 2 fully saturated rings. The average Bonchev–Trinajstić information content (AvgIpc) is 2.55. The highest BCUT2D eigenvalue weighted by Crippen LogP contribution is 2.33. The van der Waals surface area contributed by atoms with E-state index >= 15 is 0 Å². The molecular weight excluding hydrogens is 315 g/mol. The van der Waals surface area contributed by atoms with E-state index in [-0.39, 0.29) is 18.4 Å². The molecule has 0 aromatic rings. The molecule has 0 spiro atoms. The summed E-state index contributed by atoms with van der Waals surface area (Å²) < 4.78 is 28.8. The summed E-state index contributed by atoms with van der Waals surface area (Å²) >= 11 is 0. The first kappa shape index (κ1) is 18.9. The Kier molecular flexibility index (Phi) is 6.31. The van der Waals surface area contributed by atoms with Gasteiger partial charge in [-0.05, 0) is 11.8 Å². The van der Waals surface area contributed by atoms with E-state index in [1.54, 1.807) is 6.92 Å². The summed E-state index contributed by atoms with van der Waals surface area (Å²) in [5.41, 5.74) is 0. The molecule has 0 amide bonds. The lowest BCUT2D eigenvalue weighted by molar-refractivity contribution is -0.368. The standard InChI is InChI=1S/C14H25FO8/c1-5-6(2)9(17)13(22-8(5)4-16)23-14-12(20)11(19)10(18)7(3-15)21-14/h5-14,16-20H,3-4H2,1-2H3. The largest absolute Gasteiger partial charge is 0.394 e. The van der Waals surface area contributed by atoms with E-state index in [4.69, 9.17) is 14.2 Å². The summed E-state index contributed by atoms with van der Waals surface area (Å²) in [6.07, 6.45) is -10.6. The molecule has 0 aliphatic carbocycles. The smallest absolute Gasteiger partial charge is 0.189 e. The van der Waals surface area contributed by atoms with Crippen molar-refractivity contribution in [3.05, 3.63) is 0 Å². The summed E-state index contributed by atoms with van der Waals surface area (Å²) in [5.74, 6) is -0.392.